The molecule has 0 saturated carbocycles. The highest BCUT2D eigenvalue weighted by molar-refractivity contribution is 6.02. The first-order valence-electron chi connectivity index (χ1n) is 8.06. The van der Waals surface area contributed by atoms with E-state index in [1.807, 2.05) is 18.2 Å². The van der Waals surface area contributed by atoms with Gasteiger partial charge in [-0.3, -0.25) is 9.59 Å². The lowest BCUT2D eigenvalue weighted by atomic mass is 10.3. The van der Waals surface area contributed by atoms with Crippen molar-refractivity contribution >= 4 is 23.2 Å². The molecular weight excluding hydrogens is 332 g/mol. The first kappa shape index (κ1) is 17.3. The van der Waals surface area contributed by atoms with E-state index in [-0.39, 0.29) is 24.2 Å². The highest BCUT2D eigenvalue weighted by atomic mass is 16.5. The summed E-state index contributed by atoms with van der Waals surface area (Å²) >= 11 is 0. The molecule has 0 spiro atoms. The molecule has 0 radical (unpaired) electrons. The number of ether oxygens (including phenoxy) is 1. The molecule has 132 valence electrons. The van der Waals surface area contributed by atoms with Crippen LogP contribution in [-0.4, -0.2) is 18.4 Å². The van der Waals surface area contributed by atoms with Gasteiger partial charge >= 0.3 is 0 Å². The number of amides is 2. The van der Waals surface area contributed by atoms with Gasteiger partial charge in [0.05, 0.1) is 0 Å². The van der Waals surface area contributed by atoms with Gasteiger partial charge < -0.3 is 19.8 Å². The molecule has 6 nitrogen and oxygen atoms in total. The van der Waals surface area contributed by atoms with Crippen LogP contribution in [0.1, 0.15) is 16.3 Å². The van der Waals surface area contributed by atoms with E-state index >= 15 is 0 Å². The van der Waals surface area contributed by atoms with Crippen molar-refractivity contribution in [2.45, 2.75) is 6.92 Å². The Labute approximate surface area is 150 Å². The molecule has 2 amide bonds. The van der Waals surface area contributed by atoms with Gasteiger partial charge in [-0.1, -0.05) is 24.3 Å². The average molecular weight is 350 g/mol. The van der Waals surface area contributed by atoms with Crippen LogP contribution >= 0.6 is 0 Å². The smallest absolute Gasteiger partial charge is 0.291 e. The Bertz CT molecular complexity index is 903. The number of carbonyl (C=O) groups is 2. The van der Waals surface area contributed by atoms with Gasteiger partial charge in [-0.25, -0.2) is 0 Å². The number of furan rings is 1. The monoisotopic (exact) mass is 350 g/mol. The molecule has 0 aliphatic carbocycles. The van der Waals surface area contributed by atoms with Crippen LogP contribution in [0.25, 0.3) is 0 Å². The Balaban J connectivity index is 1.55. The van der Waals surface area contributed by atoms with Crippen molar-refractivity contribution in [3.63, 3.8) is 0 Å². The van der Waals surface area contributed by atoms with Gasteiger partial charge in [-0.05, 0) is 43.3 Å². The highest BCUT2D eigenvalue weighted by Gasteiger charge is 2.11. The van der Waals surface area contributed by atoms with Gasteiger partial charge in [-0.15, -0.1) is 0 Å². The van der Waals surface area contributed by atoms with Gasteiger partial charge in [-0.2, -0.15) is 0 Å². The Morgan fingerprint density at radius 3 is 2.42 bits per heavy atom. The summed E-state index contributed by atoms with van der Waals surface area (Å²) in [5, 5.41) is 5.46. The van der Waals surface area contributed by atoms with Crippen LogP contribution < -0.4 is 15.4 Å². The molecule has 0 saturated heterocycles. The van der Waals surface area contributed by atoms with Gasteiger partial charge in [0.1, 0.15) is 11.5 Å². The van der Waals surface area contributed by atoms with Crippen LogP contribution in [0, 0.1) is 6.92 Å². The number of anilines is 2. The van der Waals surface area contributed by atoms with Crippen LogP contribution in [0.5, 0.6) is 5.75 Å². The second-order valence-electron chi connectivity index (χ2n) is 5.60. The fraction of sp³-hybridized carbons (Fsp3) is 0.100. The molecule has 26 heavy (non-hydrogen) atoms. The molecule has 0 aliphatic heterocycles. The van der Waals surface area contributed by atoms with Crippen molar-refractivity contribution in [2.75, 3.05) is 17.2 Å². The molecule has 0 atom stereocenters. The number of carbonyl (C=O) groups excluding carboxylic acids is 2. The zero-order valence-corrected chi connectivity index (χ0v) is 14.2. The van der Waals surface area contributed by atoms with Gasteiger partial charge in [0.2, 0.25) is 0 Å². The van der Waals surface area contributed by atoms with Crippen LogP contribution in [0.2, 0.25) is 0 Å². The summed E-state index contributed by atoms with van der Waals surface area (Å²) in [5.41, 5.74) is 1.25. The molecule has 3 rings (SSSR count). The number of benzene rings is 2. The molecule has 6 heteroatoms. The third-order valence-corrected chi connectivity index (χ3v) is 3.48. The maximum absolute atomic E-state index is 12.1. The maximum atomic E-state index is 12.1. The Morgan fingerprint density at radius 1 is 0.923 bits per heavy atom. The molecule has 0 unspecified atom stereocenters. The van der Waals surface area contributed by atoms with Crippen molar-refractivity contribution in [1.82, 2.24) is 0 Å². The standard InChI is InChI=1S/C20H18N2O4/c1-14-10-11-18(26-14)20(24)22-16-8-5-9-17(12-16)25-13-19(23)21-15-6-3-2-4-7-15/h2-12H,13H2,1H3,(H,21,23)(H,22,24). The van der Waals surface area contributed by atoms with E-state index in [2.05, 4.69) is 10.6 Å². The lowest BCUT2D eigenvalue weighted by Gasteiger charge is -2.09. The second kappa shape index (κ2) is 8.02. The van der Waals surface area contributed by atoms with E-state index in [1.54, 1.807) is 55.5 Å². The zero-order valence-electron chi connectivity index (χ0n) is 14.2. The molecular formula is C20H18N2O4. The Hall–Kier alpha value is -3.54. The van der Waals surface area contributed by atoms with Crippen LogP contribution in [-0.2, 0) is 4.79 Å². The third-order valence-electron chi connectivity index (χ3n) is 3.48. The third kappa shape index (κ3) is 4.73. The number of hydrogen-bond donors (Lipinski definition) is 2. The average Bonchev–Trinajstić information content (AvgIpc) is 3.08. The summed E-state index contributed by atoms with van der Waals surface area (Å²) in [7, 11) is 0. The number of para-hydroxylation sites is 1. The predicted octanol–water partition coefficient (Wildman–Crippen LogP) is 3.86. The molecule has 2 N–H and O–H groups in total. The summed E-state index contributed by atoms with van der Waals surface area (Å²) in [6, 6.07) is 19.3. The van der Waals surface area contributed by atoms with E-state index < -0.39 is 0 Å². The first-order chi connectivity index (χ1) is 12.6. The van der Waals surface area contributed by atoms with Gasteiger partial charge in [0, 0.05) is 17.4 Å². The maximum Gasteiger partial charge on any atom is 0.291 e. The highest BCUT2D eigenvalue weighted by Crippen LogP contribution is 2.19. The van der Waals surface area contributed by atoms with Crippen molar-refractivity contribution in [2.24, 2.45) is 0 Å². The SMILES string of the molecule is Cc1ccc(C(=O)Nc2cccc(OCC(=O)Nc3ccccc3)c2)o1. The second-order valence-corrected chi connectivity index (χ2v) is 5.60. The largest absolute Gasteiger partial charge is 0.484 e. The minimum Gasteiger partial charge on any atom is -0.484 e. The van der Waals surface area contributed by atoms with Crippen molar-refractivity contribution in [3.8, 4) is 5.75 Å². The number of aryl methyl sites for hydroxylation is 1. The zero-order chi connectivity index (χ0) is 18.4. The fourth-order valence-corrected chi connectivity index (χ4v) is 2.28. The van der Waals surface area contributed by atoms with E-state index in [4.69, 9.17) is 9.15 Å². The lowest BCUT2D eigenvalue weighted by molar-refractivity contribution is -0.118. The van der Waals surface area contributed by atoms with E-state index in [1.165, 1.54) is 0 Å². The molecule has 0 bridgehead atoms. The van der Waals surface area contributed by atoms with Crippen LogP contribution in [0.3, 0.4) is 0 Å². The summed E-state index contributed by atoms with van der Waals surface area (Å²) in [6.45, 7) is 1.63. The van der Waals surface area contributed by atoms with Gasteiger partial charge in [0.25, 0.3) is 11.8 Å². The molecule has 0 fully saturated rings. The van der Waals surface area contributed by atoms with Crippen LogP contribution in [0.15, 0.2) is 71.1 Å². The summed E-state index contributed by atoms with van der Waals surface area (Å²) in [4.78, 5) is 24.0. The van der Waals surface area contributed by atoms with E-state index in [9.17, 15) is 9.59 Å². The quantitative estimate of drug-likeness (QED) is 0.707. The summed E-state index contributed by atoms with van der Waals surface area (Å²) < 4.78 is 10.8. The summed E-state index contributed by atoms with van der Waals surface area (Å²) in [5.74, 6) is 0.753. The molecule has 1 heterocycles. The molecule has 3 aromatic rings. The Kier molecular flexibility index (Phi) is 5.34. The summed E-state index contributed by atoms with van der Waals surface area (Å²) in [6.07, 6.45) is 0. The number of hydrogen-bond acceptors (Lipinski definition) is 4. The lowest BCUT2D eigenvalue weighted by Crippen LogP contribution is -2.20. The topological polar surface area (TPSA) is 80.6 Å². The van der Waals surface area contributed by atoms with Crippen molar-refractivity contribution in [3.05, 3.63) is 78.3 Å². The van der Waals surface area contributed by atoms with E-state index in [0.29, 0.717) is 22.9 Å². The molecule has 1 aromatic heterocycles. The minimum absolute atomic E-state index is 0.135. The van der Waals surface area contributed by atoms with Crippen LogP contribution in [0.4, 0.5) is 11.4 Å². The fourth-order valence-electron chi connectivity index (χ4n) is 2.28. The minimum atomic E-state index is -0.350. The number of nitrogens with one attached hydrogen (secondary N) is 2. The first-order valence-corrected chi connectivity index (χ1v) is 8.06. The number of rotatable bonds is 6. The molecule has 0 aliphatic rings. The Morgan fingerprint density at radius 2 is 1.69 bits per heavy atom. The van der Waals surface area contributed by atoms with Crippen molar-refractivity contribution in [1.29, 1.82) is 0 Å². The van der Waals surface area contributed by atoms with E-state index in [0.717, 1.165) is 0 Å². The normalized spacial score (nSPS) is 10.2. The van der Waals surface area contributed by atoms with Gasteiger partial charge in [0.15, 0.2) is 12.4 Å². The van der Waals surface area contributed by atoms with Crippen molar-refractivity contribution < 1.29 is 18.7 Å². The molecule has 2 aromatic carbocycles. The predicted molar refractivity (Wildman–Crippen MR) is 98.4 cm³/mol.